The van der Waals surface area contributed by atoms with Crippen LogP contribution in [0.25, 0.3) is 0 Å². The Kier molecular flexibility index (Phi) is 5.08. The van der Waals surface area contributed by atoms with Gasteiger partial charge in [0.25, 0.3) is 23.4 Å². The molecule has 1 saturated heterocycles. The summed E-state index contributed by atoms with van der Waals surface area (Å²) < 4.78 is 0.869. The second-order valence-corrected chi connectivity index (χ2v) is 9.58. The molecule has 0 unspecified atom stereocenters. The summed E-state index contributed by atoms with van der Waals surface area (Å²) in [6.07, 6.45) is 2.80. The smallest absolute Gasteiger partial charge is 0.272 e. The highest BCUT2D eigenvalue weighted by molar-refractivity contribution is 9.10. The second kappa shape index (κ2) is 7.81. The van der Waals surface area contributed by atoms with Crippen LogP contribution in [0, 0.1) is 33.8 Å². The Bertz CT molecular complexity index is 1090. The van der Waals surface area contributed by atoms with Crippen molar-refractivity contribution < 1.29 is 19.3 Å². The fraction of sp³-hybridized carbons (Fsp3) is 0.348. The molecule has 32 heavy (non-hydrogen) atoms. The Morgan fingerprint density at radius 3 is 2.09 bits per heavy atom. The molecule has 2 saturated carbocycles. The highest BCUT2D eigenvalue weighted by atomic mass is 79.9. The number of carbonyl (C=O) groups excluding carboxylic acids is 3. The van der Waals surface area contributed by atoms with Crippen LogP contribution < -0.4 is 0 Å². The number of nitro benzene ring substituents is 1. The third kappa shape index (κ3) is 3.31. The van der Waals surface area contributed by atoms with Crippen molar-refractivity contribution in [1.29, 1.82) is 0 Å². The first kappa shape index (κ1) is 20.8. The molecule has 2 aromatic rings. The number of rotatable bonds is 5. The summed E-state index contributed by atoms with van der Waals surface area (Å²) in [6, 6.07) is 12.5. The topological polar surface area (TPSA) is 101 Å². The van der Waals surface area contributed by atoms with Crippen LogP contribution in [0.15, 0.2) is 53.0 Å². The van der Waals surface area contributed by atoms with Gasteiger partial charge in [0.2, 0.25) is 0 Å². The average molecular weight is 498 g/mol. The van der Waals surface area contributed by atoms with Gasteiger partial charge in [-0.05, 0) is 60.9 Å². The zero-order chi connectivity index (χ0) is 22.6. The van der Waals surface area contributed by atoms with Crippen LogP contribution in [-0.2, 0) is 16.1 Å². The fourth-order valence-corrected chi connectivity index (χ4v) is 5.77. The van der Waals surface area contributed by atoms with E-state index in [4.69, 9.17) is 0 Å². The maximum Gasteiger partial charge on any atom is 0.273 e. The van der Waals surface area contributed by atoms with Crippen LogP contribution in [-0.4, -0.2) is 32.7 Å². The van der Waals surface area contributed by atoms with Gasteiger partial charge in [0.1, 0.15) is 0 Å². The van der Waals surface area contributed by atoms with Crippen molar-refractivity contribution in [3.8, 4) is 0 Å². The van der Waals surface area contributed by atoms with Gasteiger partial charge in [-0.1, -0.05) is 28.1 Å². The molecular weight excluding hydrogens is 478 g/mol. The number of amides is 3. The summed E-state index contributed by atoms with van der Waals surface area (Å²) in [5.41, 5.74) is 0.790. The first-order chi connectivity index (χ1) is 15.3. The van der Waals surface area contributed by atoms with E-state index < -0.39 is 10.8 Å². The quantitative estimate of drug-likeness (QED) is 0.353. The largest absolute Gasteiger partial charge is 0.273 e. The van der Waals surface area contributed by atoms with E-state index in [1.165, 1.54) is 29.3 Å². The van der Waals surface area contributed by atoms with Crippen LogP contribution in [0.4, 0.5) is 5.69 Å². The number of imide groups is 1. The lowest BCUT2D eigenvalue weighted by atomic mass is 9.81. The summed E-state index contributed by atoms with van der Waals surface area (Å²) in [5.74, 6) is -1.45. The van der Waals surface area contributed by atoms with Gasteiger partial charge in [0.05, 0.1) is 23.3 Å². The predicted molar refractivity (Wildman–Crippen MR) is 117 cm³/mol. The minimum absolute atomic E-state index is 0.0371. The number of fused-ring (bicyclic) bond motifs is 5. The Morgan fingerprint density at radius 2 is 1.56 bits per heavy atom. The first-order valence-corrected chi connectivity index (χ1v) is 11.3. The van der Waals surface area contributed by atoms with Crippen LogP contribution >= 0.6 is 15.9 Å². The number of carbonyl (C=O) groups is 3. The standard InChI is InChI=1S/C23H20BrN3O5/c24-17-7-1-13(2-8-17)12-25(21(28)14-5-9-18(10-6-14)27(31)32)26-22(29)19-15-3-4-16(11-15)20(19)23(26)30/h1-2,5-10,15-16,19-20H,3-4,11-12H2/t15-,16-,19-,20+/m0/s1. The van der Waals surface area contributed by atoms with Gasteiger partial charge in [-0.3, -0.25) is 24.5 Å². The molecule has 1 heterocycles. The van der Waals surface area contributed by atoms with E-state index in [1.807, 2.05) is 24.3 Å². The zero-order valence-electron chi connectivity index (χ0n) is 17.0. The number of nitrogens with zero attached hydrogens (tertiary/aromatic N) is 3. The van der Waals surface area contributed by atoms with Gasteiger partial charge >= 0.3 is 0 Å². The first-order valence-electron chi connectivity index (χ1n) is 10.5. The van der Waals surface area contributed by atoms with Crippen molar-refractivity contribution in [2.24, 2.45) is 23.7 Å². The lowest BCUT2D eigenvalue weighted by Gasteiger charge is -2.31. The highest BCUT2D eigenvalue weighted by Gasteiger charge is 2.62. The van der Waals surface area contributed by atoms with Crippen molar-refractivity contribution in [1.82, 2.24) is 10.0 Å². The van der Waals surface area contributed by atoms with Crippen LogP contribution in [0.2, 0.25) is 0 Å². The molecule has 9 heteroatoms. The van der Waals surface area contributed by atoms with Crippen molar-refractivity contribution >= 4 is 39.3 Å². The van der Waals surface area contributed by atoms with Gasteiger partial charge in [0.15, 0.2) is 0 Å². The molecule has 1 aliphatic heterocycles. The number of hydrogen-bond acceptors (Lipinski definition) is 5. The lowest BCUT2D eigenvalue weighted by molar-refractivity contribution is -0.384. The van der Waals surface area contributed by atoms with E-state index in [0.29, 0.717) is 0 Å². The van der Waals surface area contributed by atoms with Crippen molar-refractivity contribution in [2.75, 3.05) is 0 Å². The summed E-state index contributed by atoms with van der Waals surface area (Å²) in [6.45, 7) is 0.0371. The van der Waals surface area contributed by atoms with E-state index in [0.717, 1.165) is 34.3 Å². The average Bonchev–Trinajstić information content (AvgIpc) is 3.47. The van der Waals surface area contributed by atoms with Gasteiger partial charge < -0.3 is 0 Å². The fourth-order valence-electron chi connectivity index (χ4n) is 5.50. The normalized spacial score (nSPS) is 25.8. The zero-order valence-corrected chi connectivity index (χ0v) is 18.6. The van der Waals surface area contributed by atoms with Gasteiger partial charge in [-0.2, -0.15) is 5.01 Å². The second-order valence-electron chi connectivity index (χ2n) is 8.67. The molecule has 0 spiro atoms. The van der Waals surface area contributed by atoms with Gasteiger partial charge in [-0.15, -0.1) is 0 Å². The Hall–Kier alpha value is -3.07. The summed E-state index contributed by atoms with van der Waals surface area (Å²) in [4.78, 5) is 50.6. The molecule has 0 radical (unpaired) electrons. The van der Waals surface area contributed by atoms with Crippen molar-refractivity contribution in [3.05, 3.63) is 74.2 Å². The number of nitro groups is 1. The summed E-state index contributed by atoms with van der Waals surface area (Å²) in [5, 5.41) is 13.2. The number of non-ortho nitro benzene ring substituents is 1. The Labute approximate surface area is 192 Å². The van der Waals surface area contributed by atoms with Crippen LogP contribution in [0.5, 0.6) is 0 Å². The number of benzene rings is 2. The van der Waals surface area contributed by atoms with E-state index in [2.05, 4.69) is 15.9 Å². The van der Waals surface area contributed by atoms with Gasteiger partial charge in [0, 0.05) is 22.2 Å². The van der Waals surface area contributed by atoms with E-state index in [1.54, 1.807) is 0 Å². The molecule has 3 aliphatic rings. The monoisotopic (exact) mass is 497 g/mol. The SMILES string of the molecule is O=C(c1ccc([N+](=O)[O-])cc1)N(Cc1ccc(Br)cc1)N1C(=O)[C@@H]2[C@H]3CC[C@@H](C3)[C@@H]2C1=O. The van der Waals surface area contributed by atoms with Crippen molar-refractivity contribution in [2.45, 2.75) is 25.8 Å². The Balaban J connectivity index is 1.50. The van der Waals surface area contributed by atoms with E-state index in [-0.39, 0.29) is 53.3 Å². The molecule has 3 amide bonds. The van der Waals surface area contributed by atoms with E-state index >= 15 is 0 Å². The van der Waals surface area contributed by atoms with Gasteiger partial charge in [-0.25, -0.2) is 5.01 Å². The van der Waals surface area contributed by atoms with Crippen LogP contribution in [0.1, 0.15) is 35.2 Å². The third-order valence-corrected chi connectivity index (χ3v) is 7.48. The molecule has 5 rings (SSSR count). The molecule has 3 fully saturated rings. The van der Waals surface area contributed by atoms with Crippen molar-refractivity contribution in [3.63, 3.8) is 0 Å². The molecule has 4 atom stereocenters. The van der Waals surface area contributed by atoms with Crippen LogP contribution in [0.3, 0.4) is 0 Å². The minimum Gasteiger partial charge on any atom is -0.272 e. The molecule has 2 aromatic carbocycles. The molecule has 0 aromatic heterocycles. The molecule has 0 N–H and O–H groups in total. The summed E-state index contributed by atoms with van der Waals surface area (Å²) in [7, 11) is 0. The molecule has 2 bridgehead atoms. The molecule has 164 valence electrons. The molecular formula is C23H20BrN3O5. The number of hydrogen-bond donors (Lipinski definition) is 0. The Morgan fingerprint density at radius 1 is 1.00 bits per heavy atom. The summed E-state index contributed by atoms with van der Waals surface area (Å²) >= 11 is 3.38. The number of halogens is 1. The molecule has 2 aliphatic carbocycles. The maximum atomic E-state index is 13.5. The lowest BCUT2D eigenvalue weighted by Crippen LogP contribution is -2.50. The van der Waals surface area contributed by atoms with E-state index in [9.17, 15) is 24.5 Å². The maximum absolute atomic E-state index is 13.5. The number of hydrazine groups is 1. The third-order valence-electron chi connectivity index (χ3n) is 6.95. The predicted octanol–water partition coefficient (Wildman–Crippen LogP) is 3.95. The minimum atomic E-state index is -0.545. The molecule has 8 nitrogen and oxygen atoms in total. The highest BCUT2D eigenvalue weighted by Crippen LogP contribution is 2.56.